The van der Waals surface area contributed by atoms with E-state index < -0.39 is 0 Å². The summed E-state index contributed by atoms with van der Waals surface area (Å²) in [5, 5.41) is 4.18. The second kappa shape index (κ2) is 26.9. The summed E-state index contributed by atoms with van der Waals surface area (Å²) >= 11 is 0. The number of hydrogen-bond donors (Lipinski definition) is 0. The molecule has 6 aliphatic carbocycles. The molecule has 10 aromatic rings. The lowest BCUT2D eigenvalue weighted by molar-refractivity contribution is 0.108. The Hall–Kier alpha value is -8.20. The minimum Gasteiger partial charge on any atom is -0.314 e. The van der Waals surface area contributed by atoms with Gasteiger partial charge in [-0.25, -0.2) is 0 Å². The van der Waals surface area contributed by atoms with Gasteiger partial charge in [0.05, 0.1) is 11.2 Å². The van der Waals surface area contributed by atoms with Crippen molar-refractivity contribution in [2.24, 2.45) is 35.5 Å². The Bertz CT molecular complexity index is 4560. The standard InChI is InChI=1S/C95H102N2/c1-94(2,3)81-45-33-69(34-46-81)67-25-29-72(30-26-67)76-43-56-92-89(62-76)90-63-77(73-31-27-68(28-32-73)70-35-47-82(48-36-70)95(4,5)6)44-57-93(90)97(92)85-53-41-75(42-54-85)86-55-58-91(88-24-16-23-87(86)88)96(83-49-37-71(38-50-83)64-17-10-7-11-18-64)84-51-39-74(40-52-84)80-60-78(65-19-12-8-13-20-65)59-79(61-80)66-21-14-9-15-22-66/h7-8,10-13,17-20,23-26,29-30,33-38,41-43,45-51,53-56,58,62,66,68,73-74,77-80H,9,14-16,21-22,27-28,31-32,39-40,44,52,57,59-61,63H2,1-6H3. The summed E-state index contributed by atoms with van der Waals surface area (Å²) in [5.74, 6) is 6.12. The predicted molar refractivity (Wildman–Crippen MR) is 412 cm³/mol. The van der Waals surface area contributed by atoms with Crippen molar-refractivity contribution in [1.29, 1.82) is 0 Å². The number of aromatic nitrogens is 1. The molecule has 1 heterocycles. The molecule has 5 unspecified atom stereocenters. The maximum Gasteiger partial charge on any atom is 0.0534 e. The van der Waals surface area contributed by atoms with Gasteiger partial charge in [-0.1, -0.05) is 262 Å². The number of fused-ring (bicyclic) bond motifs is 4. The maximum atomic E-state index is 2.69. The molecule has 5 atom stereocenters. The van der Waals surface area contributed by atoms with E-state index in [4.69, 9.17) is 0 Å². The normalized spacial score (nSPS) is 22.2. The van der Waals surface area contributed by atoms with Crippen molar-refractivity contribution in [3.8, 4) is 50.2 Å². The molecule has 0 N–H and O–H groups in total. The average molecular weight is 1270 g/mol. The van der Waals surface area contributed by atoms with Gasteiger partial charge < -0.3 is 9.47 Å². The molecule has 9 aromatic carbocycles. The van der Waals surface area contributed by atoms with E-state index in [1.165, 1.54) is 202 Å². The molecule has 0 spiro atoms. The molecule has 0 bridgehead atoms. The Labute approximate surface area is 580 Å². The third-order valence-electron chi connectivity index (χ3n) is 25.0. The van der Waals surface area contributed by atoms with Gasteiger partial charge in [0, 0.05) is 33.4 Å². The second-order valence-electron chi connectivity index (χ2n) is 32.7. The monoisotopic (exact) mass is 1270 g/mol. The van der Waals surface area contributed by atoms with E-state index in [9.17, 15) is 0 Å². The van der Waals surface area contributed by atoms with Gasteiger partial charge in [-0.15, -0.1) is 0 Å². The zero-order valence-corrected chi connectivity index (χ0v) is 58.9. The quantitative estimate of drug-likeness (QED) is 0.112. The van der Waals surface area contributed by atoms with E-state index in [0.717, 1.165) is 55.3 Å². The van der Waals surface area contributed by atoms with Crippen LogP contribution in [-0.2, 0) is 23.7 Å². The first-order chi connectivity index (χ1) is 47.3. The summed E-state index contributed by atoms with van der Waals surface area (Å²) in [5.41, 5.74) is 26.2. The Morgan fingerprint density at radius 2 is 0.938 bits per heavy atom. The van der Waals surface area contributed by atoms with E-state index in [2.05, 4.69) is 282 Å². The Balaban J connectivity index is 0.703. The van der Waals surface area contributed by atoms with Crippen molar-refractivity contribution < 1.29 is 0 Å². The third-order valence-corrected chi connectivity index (χ3v) is 25.0. The first-order valence-electron chi connectivity index (χ1n) is 37.9. The van der Waals surface area contributed by atoms with Crippen LogP contribution in [0, 0.1) is 35.5 Å². The minimum atomic E-state index is 0.133. The molecule has 3 saturated carbocycles. The van der Waals surface area contributed by atoms with E-state index >= 15 is 0 Å². The average Bonchev–Trinajstić information content (AvgIpc) is 1.60. The first-order valence-corrected chi connectivity index (χ1v) is 37.9. The molecule has 6 aliphatic rings. The lowest BCUT2D eigenvalue weighted by Gasteiger charge is -2.44. The molecule has 16 rings (SSSR count). The lowest BCUT2D eigenvalue weighted by atomic mass is 9.62. The number of nitrogens with zero attached hydrogens (tertiary/aromatic N) is 2. The lowest BCUT2D eigenvalue weighted by Crippen LogP contribution is -2.34. The van der Waals surface area contributed by atoms with Crippen molar-refractivity contribution >= 4 is 34.4 Å². The van der Waals surface area contributed by atoms with Crippen LogP contribution in [-0.4, -0.2) is 4.57 Å². The highest BCUT2D eigenvalue weighted by Gasteiger charge is 2.39. The smallest absolute Gasteiger partial charge is 0.0534 e. The van der Waals surface area contributed by atoms with Gasteiger partial charge in [-0.3, -0.25) is 0 Å². The number of benzene rings is 9. The van der Waals surface area contributed by atoms with Crippen LogP contribution in [0.4, 0.5) is 11.4 Å². The number of rotatable bonds is 13. The fraction of sp³-hybridized carbons (Fsp3) is 0.368. The van der Waals surface area contributed by atoms with Crippen LogP contribution in [0.25, 0.3) is 73.2 Å². The maximum absolute atomic E-state index is 2.69. The zero-order chi connectivity index (χ0) is 65.8. The van der Waals surface area contributed by atoms with Crippen molar-refractivity contribution in [2.45, 2.75) is 186 Å². The SMILES string of the molecule is CC(C)(C)c1ccc(-c2ccc(-c3ccc4c(c3)c3c(n4-c4ccc(-c5ccc(N(C6=CCC(C7CC(c8ccccc8)CC(C8CCCCC8)C7)CC6)c6ccc(-c7ccccc7)cc6)c6c5=CCC=6)cc4)CCC(C4CCC(c5ccc(C(C)(C)C)cc5)CC4)C3)cc2)cc1. The van der Waals surface area contributed by atoms with Crippen molar-refractivity contribution in [2.75, 3.05) is 4.90 Å². The third kappa shape index (κ3) is 13.0. The van der Waals surface area contributed by atoms with Crippen molar-refractivity contribution in [3.05, 3.63) is 268 Å². The molecule has 2 nitrogen and oxygen atoms in total. The molecule has 0 amide bonds. The summed E-state index contributed by atoms with van der Waals surface area (Å²) in [4.78, 5) is 2.67. The van der Waals surface area contributed by atoms with Gasteiger partial charge in [0.2, 0.25) is 0 Å². The molecule has 1 aromatic heterocycles. The van der Waals surface area contributed by atoms with Crippen molar-refractivity contribution in [1.82, 2.24) is 4.57 Å². The largest absolute Gasteiger partial charge is 0.314 e. The van der Waals surface area contributed by atoms with Crippen LogP contribution in [0.5, 0.6) is 0 Å². The van der Waals surface area contributed by atoms with E-state index in [0.29, 0.717) is 17.8 Å². The molecule has 3 fully saturated rings. The highest BCUT2D eigenvalue weighted by Crippen LogP contribution is 2.52. The molecule has 0 aliphatic heterocycles. The van der Waals surface area contributed by atoms with Crippen LogP contribution in [0.1, 0.15) is 196 Å². The van der Waals surface area contributed by atoms with E-state index in [-0.39, 0.29) is 10.8 Å². The van der Waals surface area contributed by atoms with Crippen LogP contribution in [0.2, 0.25) is 0 Å². The van der Waals surface area contributed by atoms with Gasteiger partial charge in [0.1, 0.15) is 0 Å². The first kappa shape index (κ1) is 63.5. The van der Waals surface area contributed by atoms with Gasteiger partial charge in [0.15, 0.2) is 0 Å². The molecular weight excluding hydrogens is 1170 g/mol. The van der Waals surface area contributed by atoms with Gasteiger partial charge in [-0.05, 0) is 268 Å². The summed E-state index contributed by atoms with van der Waals surface area (Å²) < 4.78 is 2.67. The Kier molecular flexibility index (Phi) is 17.6. The molecule has 0 saturated heterocycles. The molecule has 2 heteroatoms. The van der Waals surface area contributed by atoms with Crippen LogP contribution in [0.3, 0.4) is 0 Å². The molecule has 0 radical (unpaired) electrons. The number of anilines is 2. The highest BCUT2D eigenvalue weighted by molar-refractivity contribution is 5.92. The van der Waals surface area contributed by atoms with Crippen molar-refractivity contribution in [3.63, 3.8) is 0 Å². The van der Waals surface area contributed by atoms with Gasteiger partial charge in [0.25, 0.3) is 0 Å². The molecular formula is C95H102N2. The van der Waals surface area contributed by atoms with Crippen LogP contribution < -0.4 is 15.3 Å². The molecule has 492 valence electrons. The predicted octanol–water partition coefficient (Wildman–Crippen LogP) is 24.5. The number of hydrogen-bond acceptors (Lipinski definition) is 1. The Morgan fingerprint density at radius 3 is 1.59 bits per heavy atom. The zero-order valence-electron chi connectivity index (χ0n) is 58.9. The van der Waals surface area contributed by atoms with E-state index in [1.807, 2.05) is 0 Å². The van der Waals surface area contributed by atoms with E-state index in [1.54, 1.807) is 16.7 Å². The van der Waals surface area contributed by atoms with Gasteiger partial charge >= 0.3 is 0 Å². The molecule has 97 heavy (non-hydrogen) atoms. The Morgan fingerprint density at radius 1 is 0.392 bits per heavy atom. The topological polar surface area (TPSA) is 8.17 Å². The summed E-state index contributed by atoms with van der Waals surface area (Å²) in [6.07, 6.45) is 32.3. The van der Waals surface area contributed by atoms with Crippen LogP contribution in [0.15, 0.2) is 224 Å². The summed E-state index contributed by atoms with van der Waals surface area (Å²) in [6, 6.07) is 82.3. The summed E-state index contributed by atoms with van der Waals surface area (Å²) in [6.45, 7) is 13.9. The number of allylic oxidation sites excluding steroid dienone is 2. The van der Waals surface area contributed by atoms with Crippen LogP contribution >= 0.6 is 0 Å². The fourth-order valence-corrected chi connectivity index (χ4v) is 19.4. The van der Waals surface area contributed by atoms with Gasteiger partial charge in [-0.2, -0.15) is 0 Å². The minimum absolute atomic E-state index is 0.133. The second-order valence-corrected chi connectivity index (χ2v) is 32.7. The fourth-order valence-electron chi connectivity index (χ4n) is 19.4. The highest BCUT2D eigenvalue weighted by atomic mass is 15.2. The summed E-state index contributed by atoms with van der Waals surface area (Å²) in [7, 11) is 0.